The van der Waals surface area contributed by atoms with Crippen LogP contribution in [0.4, 0.5) is 0 Å². The van der Waals surface area contributed by atoms with Crippen LogP contribution in [0.1, 0.15) is 17.0 Å². The van der Waals surface area contributed by atoms with E-state index in [4.69, 9.17) is 0 Å². The van der Waals surface area contributed by atoms with Gasteiger partial charge in [-0.3, -0.25) is 9.69 Å². The van der Waals surface area contributed by atoms with E-state index in [-0.39, 0.29) is 11.9 Å². The third-order valence-electron chi connectivity index (χ3n) is 4.89. The Morgan fingerprint density at radius 2 is 1.96 bits per heavy atom. The van der Waals surface area contributed by atoms with Gasteiger partial charge in [0.15, 0.2) is 0 Å². The molecule has 5 heteroatoms. The molecule has 0 unspecified atom stereocenters. The van der Waals surface area contributed by atoms with Gasteiger partial charge in [-0.2, -0.15) is 0 Å². The van der Waals surface area contributed by atoms with Gasteiger partial charge in [0.1, 0.15) is 5.82 Å². The molecule has 4 rings (SSSR count). The van der Waals surface area contributed by atoms with Gasteiger partial charge in [0.25, 0.3) is 0 Å². The molecule has 0 fully saturated rings. The molecule has 1 amide bonds. The maximum atomic E-state index is 12.6. The number of hydrogen-bond donors (Lipinski definition) is 2. The minimum Gasteiger partial charge on any atom is -0.354 e. The standard InChI is InChI=1S/C20H22N4O/c1-24-13-15-7-3-2-6-14(15)12-18(24)20(25)21-11-10-19-22-16-8-4-5-9-17(16)23-19/h2-9,18H,10-13H2,1H3,(H,21,25)(H,22,23)/t18-/m1/s1. The van der Waals surface area contributed by atoms with Crippen LogP contribution in [0.2, 0.25) is 0 Å². The molecule has 0 radical (unpaired) electrons. The molecule has 1 aliphatic heterocycles. The number of para-hydroxylation sites is 2. The van der Waals surface area contributed by atoms with E-state index in [0.717, 1.165) is 29.8 Å². The fourth-order valence-corrected chi connectivity index (χ4v) is 3.49. The van der Waals surface area contributed by atoms with Crippen molar-refractivity contribution in [3.63, 3.8) is 0 Å². The first kappa shape index (κ1) is 15.8. The van der Waals surface area contributed by atoms with Gasteiger partial charge in [-0.05, 0) is 36.7 Å². The minimum atomic E-state index is -0.106. The van der Waals surface area contributed by atoms with Gasteiger partial charge >= 0.3 is 0 Å². The first-order valence-corrected chi connectivity index (χ1v) is 8.69. The van der Waals surface area contributed by atoms with Crippen LogP contribution in [-0.2, 0) is 24.2 Å². The molecule has 0 bridgehead atoms. The molecule has 2 heterocycles. The molecule has 25 heavy (non-hydrogen) atoms. The Balaban J connectivity index is 1.36. The number of fused-ring (bicyclic) bond motifs is 2. The zero-order valence-corrected chi connectivity index (χ0v) is 14.3. The summed E-state index contributed by atoms with van der Waals surface area (Å²) in [6.45, 7) is 1.41. The van der Waals surface area contributed by atoms with E-state index in [9.17, 15) is 4.79 Å². The highest BCUT2D eigenvalue weighted by molar-refractivity contribution is 5.82. The van der Waals surface area contributed by atoms with Gasteiger partial charge in [0, 0.05) is 19.5 Å². The number of hydrogen-bond acceptors (Lipinski definition) is 3. The molecule has 5 nitrogen and oxygen atoms in total. The van der Waals surface area contributed by atoms with Gasteiger partial charge in [-0.15, -0.1) is 0 Å². The van der Waals surface area contributed by atoms with E-state index in [2.05, 4.69) is 38.4 Å². The molecular weight excluding hydrogens is 312 g/mol. The zero-order chi connectivity index (χ0) is 17.2. The maximum Gasteiger partial charge on any atom is 0.237 e. The number of nitrogens with one attached hydrogen (secondary N) is 2. The predicted molar refractivity (Wildman–Crippen MR) is 98.2 cm³/mol. The van der Waals surface area contributed by atoms with Crippen LogP contribution in [0, 0.1) is 0 Å². The third kappa shape index (κ3) is 3.28. The summed E-state index contributed by atoms with van der Waals surface area (Å²) in [5.74, 6) is 0.997. The number of aromatic nitrogens is 2. The van der Waals surface area contributed by atoms with Crippen molar-refractivity contribution in [2.24, 2.45) is 0 Å². The first-order chi connectivity index (χ1) is 12.2. The molecule has 2 aromatic carbocycles. The van der Waals surface area contributed by atoms with E-state index in [0.29, 0.717) is 13.0 Å². The van der Waals surface area contributed by atoms with Gasteiger partial charge in [-0.25, -0.2) is 4.98 Å². The summed E-state index contributed by atoms with van der Waals surface area (Å²) in [6, 6.07) is 16.2. The Hall–Kier alpha value is -2.66. The second-order valence-electron chi connectivity index (χ2n) is 6.65. The first-order valence-electron chi connectivity index (χ1n) is 8.69. The summed E-state index contributed by atoms with van der Waals surface area (Å²) < 4.78 is 0. The topological polar surface area (TPSA) is 61.0 Å². The van der Waals surface area contributed by atoms with Crippen LogP contribution in [0.5, 0.6) is 0 Å². The highest BCUT2D eigenvalue weighted by Crippen LogP contribution is 2.21. The normalized spacial score (nSPS) is 17.4. The predicted octanol–water partition coefficient (Wildman–Crippen LogP) is 2.28. The van der Waals surface area contributed by atoms with E-state index < -0.39 is 0 Å². The number of nitrogens with zero attached hydrogens (tertiary/aromatic N) is 2. The Kier molecular flexibility index (Phi) is 4.24. The largest absolute Gasteiger partial charge is 0.354 e. The van der Waals surface area contributed by atoms with Crippen molar-refractivity contribution >= 4 is 16.9 Å². The number of imidazole rings is 1. The molecule has 1 aliphatic rings. The van der Waals surface area contributed by atoms with E-state index in [1.807, 2.05) is 37.4 Å². The maximum absolute atomic E-state index is 12.6. The SMILES string of the molecule is CN1Cc2ccccc2C[C@@H]1C(=O)NCCc1nc2ccccc2[nH]1. The molecule has 0 aliphatic carbocycles. The summed E-state index contributed by atoms with van der Waals surface area (Å²) in [4.78, 5) is 22.6. The van der Waals surface area contributed by atoms with Crippen LogP contribution in [0.3, 0.4) is 0 Å². The number of carbonyl (C=O) groups excluding carboxylic acids is 1. The summed E-state index contributed by atoms with van der Waals surface area (Å²) in [6.07, 6.45) is 1.47. The highest BCUT2D eigenvalue weighted by Gasteiger charge is 2.28. The van der Waals surface area contributed by atoms with Crippen LogP contribution in [0.15, 0.2) is 48.5 Å². The molecule has 128 valence electrons. The third-order valence-corrected chi connectivity index (χ3v) is 4.89. The average Bonchev–Trinajstić information content (AvgIpc) is 3.03. The van der Waals surface area contributed by atoms with Crippen molar-refractivity contribution in [3.8, 4) is 0 Å². The van der Waals surface area contributed by atoms with Gasteiger partial charge in [-0.1, -0.05) is 36.4 Å². The lowest BCUT2D eigenvalue weighted by Gasteiger charge is -2.33. The number of H-pyrrole nitrogens is 1. The van der Waals surface area contributed by atoms with Crippen molar-refractivity contribution in [1.29, 1.82) is 0 Å². The number of aromatic amines is 1. The smallest absolute Gasteiger partial charge is 0.237 e. The fraction of sp³-hybridized carbons (Fsp3) is 0.300. The molecule has 0 saturated carbocycles. The molecule has 0 spiro atoms. The zero-order valence-electron chi connectivity index (χ0n) is 14.3. The van der Waals surface area contributed by atoms with Crippen LogP contribution in [-0.4, -0.2) is 40.4 Å². The summed E-state index contributed by atoms with van der Waals surface area (Å²) in [5, 5.41) is 3.07. The van der Waals surface area contributed by atoms with Crippen molar-refractivity contribution < 1.29 is 4.79 Å². The van der Waals surface area contributed by atoms with Crippen molar-refractivity contribution in [3.05, 3.63) is 65.5 Å². The Labute approximate surface area is 147 Å². The molecule has 2 N–H and O–H groups in total. The monoisotopic (exact) mass is 334 g/mol. The van der Waals surface area contributed by atoms with Gasteiger partial charge < -0.3 is 10.3 Å². The molecule has 1 atom stereocenters. The summed E-state index contributed by atoms with van der Waals surface area (Å²) in [5.41, 5.74) is 4.59. The lowest BCUT2D eigenvalue weighted by atomic mass is 9.94. The molecule has 3 aromatic rings. The van der Waals surface area contributed by atoms with Gasteiger partial charge in [0.2, 0.25) is 5.91 Å². The second-order valence-corrected chi connectivity index (χ2v) is 6.65. The number of carbonyl (C=O) groups is 1. The lowest BCUT2D eigenvalue weighted by molar-refractivity contribution is -0.126. The number of benzene rings is 2. The minimum absolute atomic E-state index is 0.0908. The average molecular weight is 334 g/mol. The number of likely N-dealkylation sites (N-methyl/N-ethyl adjacent to an activating group) is 1. The number of rotatable bonds is 4. The second kappa shape index (κ2) is 6.69. The van der Waals surface area contributed by atoms with E-state index in [1.54, 1.807) is 0 Å². The fourth-order valence-electron chi connectivity index (χ4n) is 3.49. The summed E-state index contributed by atoms with van der Waals surface area (Å²) in [7, 11) is 2.01. The Morgan fingerprint density at radius 3 is 2.80 bits per heavy atom. The molecular formula is C20H22N4O. The lowest BCUT2D eigenvalue weighted by Crippen LogP contribution is -2.48. The Morgan fingerprint density at radius 1 is 1.20 bits per heavy atom. The van der Waals surface area contributed by atoms with Crippen LogP contribution in [0.25, 0.3) is 11.0 Å². The molecule has 0 saturated heterocycles. The number of amides is 1. The highest BCUT2D eigenvalue weighted by atomic mass is 16.2. The van der Waals surface area contributed by atoms with E-state index >= 15 is 0 Å². The van der Waals surface area contributed by atoms with Gasteiger partial charge in [0.05, 0.1) is 17.1 Å². The van der Waals surface area contributed by atoms with Crippen LogP contribution < -0.4 is 5.32 Å². The van der Waals surface area contributed by atoms with Crippen LogP contribution >= 0.6 is 0 Å². The van der Waals surface area contributed by atoms with E-state index in [1.165, 1.54) is 11.1 Å². The molecule has 1 aromatic heterocycles. The van der Waals surface area contributed by atoms with Crippen molar-refractivity contribution in [2.45, 2.75) is 25.4 Å². The summed E-state index contributed by atoms with van der Waals surface area (Å²) >= 11 is 0. The van der Waals surface area contributed by atoms with Crippen molar-refractivity contribution in [2.75, 3.05) is 13.6 Å². The van der Waals surface area contributed by atoms with Crippen molar-refractivity contribution in [1.82, 2.24) is 20.2 Å². The quantitative estimate of drug-likeness (QED) is 0.769. The Bertz CT molecular complexity index is 868.